The number of aromatic nitrogens is 3. The van der Waals surface area contributed by atoms with Crippen LogP contribution in [0.3, 0.4) is 0 Å². The Bertz CT molecular complexity index is 1490. The number of allylic oxidation sites excluding steroid dienone is 2. The molecule has 5 aliphatic carbocycles. The summed E-state index contributed by atoms with van der Waals surface area (Å²) < 4.78 is 0. The Balaban J connectivity index is 1.48. The van der Waals surface area contributed by atoms with Crippen LogP contribution in [0.2, 0.25) is 0 Å². The number of pyridine rings is 1. The first-order chi connectivity index (χ1) is 19.6. The van der Waals surface area contributed by atoms with Crippen LogP contribution in [-0.4, -0.2) is 26.3 Å². The van der Waals surface area contributed by atoms with E-state index in [9.17, 15) is 9.90 Å². The molecule has 0 bridgehead atoms. The Morgan fingerprint density at radius 1 is 0.976 bits per heavy atom. The van der Waals surface area contributed by atoms with Gasteiger partial charge in [0.25, 0.3) is 0 Å². The summed E-state index contributed by atoms with van der Waals surface area (Å²) >= 11 is 0. The highest BCUT2D eigenvalue weighted by atomic mass is 16.4. The Kier molecular flexibility index (Phi) is 5.70. The Labute approximate surface area is 251 Å². The molecule has 2 heterocycles. The van der Waals surface area contributed by atoms with Crippen LogP contribution >= 0.6 is 0 Å². The number of nitrogens with two attached hydrogens (primary N) is 1. The third kappa shape index (κ3) is 3.36. The number of carbonyl (C=O) groups is 1. The molecule has 3 fully saturated rings. The number of aromatic amines is 1. The van der Waals surface area contributed by atoms with Crippen LogP contribution in [0.5, 0.6) is 0 Å². The molecule has 0 aliphatic heterocycles. The van der Waals surface area contributed by atoms with Gasteiger partial charge in [-0.05, 0) is 120 Å². The summed E-state index contributed by atoms with van der Waals surface area (Å²) in [6, 6.07) is 4.35. The average molecular weight is 571 g/mol. The molecule has 0 radical (unpaired) electrons. The summed E-state index contributed by atoms with van der Waals surface area (Å²) in [4.78, 5) is 17.7. The average Bonchev–Trinajstić information content (AvgIpc) is 3.29. The van der Waals surface area contributed by atoms with Crippen LogP contribution in [0.4, 0.5) is 5.82 Å². The minimum absolute atomic E-state index is 0.0431. The van der Waals surface area contributed by atoms with E-state index in [0.29, 0.717) is 11.8 Å². The molecule has 42 heavy (non-hydrogen) atoms. The number of nitrogen functional groups attached to an aromatic ring is 1. The fourth-order valence-electron chi connectivity index (χ4n) is 12.0. The second kappa shape index (κ2) is 8.51. The van der Waals surface area contributed by atoms with Crippen molar-refractivity contribution in [1.82, 2.24) is 15.2 Å². The maximum absolute atomic E-state index is 13.3. The van der Waals surface area contributed by atoms with Crippen molar-refractivity contribution in [1.29, 1.82) is 0 Å². The number of aliphatic carboxylic acids is 1. The van der Waals surface area contributed by atoms with Crippen molar-refractivity contribution >= 4 is 17.4 Å². The number of anilines is 1. The number of H-pyrrole nitrogens is 1. The van der Waals surface area contributed by atoms with Crippen molar-refractivity contribution < 1.29 is 9.90 Å². The summed E-state index contributed by atoms with van der Waals surface area (Å²) in [5.74, 6) is 1.15. The summed E-state index contributed by atoms with van der Waals surface area (Å²) in [5.41, 5.74) is 12.5. The predicted octanol–water partition coefficient (Wildman–Crippen LogP) is 7.81. The van der Waals surface area contributed by atoms with E-state index >= 15 is 0 Å². The van der Waals surface area contributed by atoms with Crippen molar-refractivity contribution in [3.05, 3.63) is 46.9 Å². The van der Waals surface area contributed by atoms with E-state index in [0.717, 1.165) is 69.3 Å². The number of hydrogen-bond donors (Lipinski definition) is 3. The summed E-state index contributed by atoms with van der Waals surface area (Å²) in [7, 11) is 0. The topological polar surface area (TPSA) is 105 Å². The molecule has 6 nitrogen and oxygen atoms in total. The van der Waals surface area contributed by atoms with Gasteiger partial charge in [-0.3, -0.25) is 14.9 Å². The van der Waals surface area contributed by atoms with Crippen LogP contribution in [-0.2, 0) is 16.6 Å². The van der Waals surface area contributed by atoms with Gasteiger partial charge in [0.2, 0.25) is 0 Å². The molecule has 0 aromatic carbocycles. The van der Waals surface area contributed by atoms with Gasteiger partial charge >= 0.3 is 5.97 Å². The number of nitrogens with zero attached hydrogens (tertiary/aromatic N) is 2. The zero-order valence-electron chi connectivity index (χ0n) is 26.7. The molecule has 226 valence electrons. The van der Waals surface area contributed by atoms with Crippen molar-refractivity contribution in [3.8, 4) is 0 Å². The minimum Gasteiger partial charge on any atom is -0.481 e. The number of carboxylic acids is 1. The molecule has 7 rings (SSSR count). The first-order valence-corrected chi connectivity index (χ1v) is 16.3. The highest BCUT2D eigenvalue weighted by Crippen LogP contribution is 2.77. The Morgan fingerprint density at radius 3 is 2.36 bits per heavy atom. The standard InChI is InChI=1S/C36H50N4O2/c1-31(2)12-14-36(30(41)42)15-13-35(7)27(24(36)20-31)22(21-9-16-38-17-10-21)18-26-33(5)19-23-28(39-40-29(23)37)32(3,4)25(33)8-11-34(26,35)6/h9-10,16-17,24-26H,8,11-15,18-20H2,1-7H3,(H,41,42)(H3,37,39,40). The molecule has 0 saturated heterocycles. The lowest BCUT2D eigenvalue weighted by Crippen LogP contribution is -2.65. The molecule has 3 saturated carbocycles. The maximum Gasteiger partial charge on any atom is 0.310 e. The van der Waals surface area contributed by atoms with E-state index in [1.807, 2.05) is 12.4 Å². The minimum atomic E-state index is -0.667. The number of rotatable bonds is 2. The molecular formula is C36H50N4O2. The zero-order valence-corrected chi connectivity index (χ0v) is 26.7. The highest BCUT2D eigenvalue weighted by Gasteiger charge is 2.70. The second-order valence-electron chi connectivity index (χ2n) is 17.0. The molecule has 0 spiro atoms. The monoisotopic (exact) mass is 570 g/mol. The van der Waals surface area contributed by atoms with Crippen molar-refractivity contribution in [2.24, 2.45) is 44.8 Å². The van der Waals surface area contributed by atoms with Gasteiger partial charge in [-0.25, -0.2) is 0 Å². The zero-order chi connectivity index (χ0) is 30.1. The Morgan fingerprint density at radius 2 is 1.67 bits per heavy atom. The molecular weight excluding hydrogens is 520 g/mol. The van der Waals surface area contributed by atoms with E-state index in [-0.39, 0.29) is 33.0 Å². The molecule has 6 heteroatoms. The molecule has 2 aromatic rings. The first-order valence-electron chi connectivity index (χ1n) is 16.3. The van der Waals surface area contributed by atoms with Crippen LogP contribution in [0.15, 0.2) is 30.1 Å². The van der Waals surface area contributed by atoms with Crippen molar-refractivity contribution in [2.75, 3.05) is 5.73 Å². The maximum atomic E-state index is 13.3. The van der Waals surface area contributed by atoms with Crippen molar-refractivity contribution in [2.45, 2.75) is 112 Å². The molecule has 2 aromatic heterocycles. The summed E-state index contributed by atoms with van der Waals surface area (Å²) in [6.07, 6.45) is 12.5. The van der Waals surface area contributed by atoms with Crippen molar-refractivity contribution in [3.63, 3.8) is 0 Å². The van der Waals surface area contributed by atoms with E-state index < -0.39 is 11.4 Å². The number of hydrogen-bond acceptors (Lipinski definition) is 4. The van der Waals surface area contributed by atoms with Gasteiger partial charge in [-0.2, -0.15) is 5.10 Å². The molecule has 4 N–H and O–H groups in total. The van der Waals surface area contributed by atoms with E-state index in [1.165, 1.54) is 22.3 Å². The van der Waals surface area contributed by atoms with Gasteiger partial charge in [-0.1, -0.05) is 54.0 Å². The van der Waals surface area contributed by atoms with Crippen LogP contribution in [0.1, 0.15) is 117 Å². The van der Waals surface area contributed by atoms with Gasteiger partial charge in [-0.15, -0.1) is 0 Å². The lowest BCUT2D eigenvalue weighted by molar-refractivity contribution is -0.175. The SMILES string of the molecule is CC1(C)CCC2(C(=O)O)CCC3(C)C(=C(c4ccncc4)CC4C5(C)Cc6c(n[nH]c6N)C(C)(C)C5CCC43C)C2C1. The molecule has 7 unspecified atom stereocenters. The normalized spacial score (nSPS) is 41.5. The summed E-state index contributed by atoms with van der Waals surface area (Å²) in [6.45, 7) is 17.2. The lowest BCUT2D eigenvalue weighted by Gasteiger charge is -2.71. The van der Waals surface area contributed by atoms with Gasteiger partial charge in [0.15, 0.2) is 0 Å². The fraction of sp³-hybridized carbons (Fsp3) is 0.694. The number of nitrogens with one attached hydrogen (secondary N) is 1. The predicted molar refractivity (Wildman–Crippen MR) is 166 cm³/mol. The second-order valence-corrected chi connectivity index (χ2v) is 17.0. The van der Waals surface area contributed by atoms with Gasteiger partial charge in [0, 0.05) is 23.4 Å². The van der Waals surface area contributed by atoms with Gasteiger partial charge in [0.05, 0.1) is 11.1 Å². The molecule has 7 atom stereocenters. The number of fused-ring (bicyclic) bond motifs is 8. The molecule has 0 amide bonds. The smallest absolute Gasteiger partial charge is 0.310 e. The third-order valence-corrected chi connectivity index (χ3v) is 14.4. The first kappa shape index (κ1) is 28.2. The van der Waals surface area contributed by atoms with Gasteiger partial charge in [0.1, 0.15) is 5.82 Å². The van der Waals surface area contributed by atoms with Crippen LogP contribution < -0.4 is 5.73 Å². The van der Waals surface area contributed by atoms with Gasteiger partial charge < -0.3 is 10.8 Å². The highest BCUT2D eigenvalue weighted by molar-refractivity contribution is 5.80. The molecule has 5 aliphatic rings. The van der Waals surface area contributed by atoms with E-state index in [1.54, 1.807) is 0 Å². The van der Waals surface area contributed by atoms with Crippen LogP contribution in [0, 0.1) is 44.8 Å². The Hall–Kier alpha value is -2.63. The largest absolute Gasteiger partial charge is 0.481 e. The third-order valence-electron chi connectivity index (χ3n) is 14.4. The van der Waals surface area contributed by atoms with E-state index in [2.05, 4.69) is 70.7 Å². The summed E-state index contributed by atoms with van der Waals surface area (Å²) in [5, 5.41) is 18.8. The van der Waals surface area contributed by atoms with E-state index in [4.69, 9.17) is 10.8 Å². The number of carboxylic acid groups (broad SMARTS) is 1. The fourth-order valence-corrected chi connectivity index (χ4v) is 12.0. The van der Waals surface area contributed by atoms with Crippen LogP contribution in [0.25, 0.3) is 5.57 Å². The quantitative estimate of drug-likeness (QED) is 0.341. The lowest BCUT2D eigenvalue weighted by atomic mass is 9.33.